The average Bonchev–Trinajstić information content (AvgIpc) is 2.37. The smallest absolute Gasteiger partial charge is 0.131 e. The van der Waals surface area contributed by atoms with Gasteiger partial charge in [-0.05, 0) is 30.7 Å². The van der Waals surface area contributed by atoms with Crippen molar-refractivity contribution in [3.8, 4) is 0 Å². The van der Waals surface area contributed by atoms with E-state index < -0.39 is 22.4 Å². The lowest BCUT2D eigenvalue weighted by atomic mass is 10.1. The lowest BCUT2D eigenvalue weighted by Gasteiger charge is -2.17. The zero-order valence-corrected chi connectivity index (χ0v) is 12.7. The second-order valence-electron chi connectivity index (χ2n) is 4.95. The summed E-state index contributed by atoms with van der Waals surface area (Å²) in [6, 6.07) is 10.8. The Morgan fingerprint density at radius 3 is 2.62 bits per heavy atom. The molecule has 0 radical (unpaired) electrons. The highest BCUT2D eigenvalue weighted by Gasteiger charge is 2.11. The third-order valence-corrected chi connectivity index (χ3v) is 3.85. The fourth-order valence-corrected chi connectivity index (χ4v) is 2.82. The van der Waals surface area contributed by atoms with E-state index in [1.54, 1.807) is 13.2 Å². The third-order valence-electron chi connectivity index (χ3n) is 3.11. The van der Waals surface area contributed by atoms with Crippen LogP contribution in [0.25, 0.3) is 0 Å². The fraction of sp³-hybridized carbons (Fsp3) is 0.250. The molecule has 0 saturated heterocycles. The molecule has 2 aromatic carbocycles. The molecule has 2 atom stereocenters. The molecule has 2 aromatic rings. The van der Waals surface area contributed by atoms with Crippen molar-refractivity contribution in [2.75, 3.05) is 11.6 Å². The van der Waals surface area contributed by atoms with Crippen molar-refractivity contribution in [1.29, 1.82) is 0 Å². The molecule has 0 aliphatic carbocycles. The van der Waals surface area contributed by atoms with E-state index in [1.165, 1.54) is 12.1 Å². The Kier molecular flexibility index (Phi) is 5.07. The summed E-state index contributed by atoms with van der Waals surface area (Å²) >= 11 is 0. The molecular weight excluding hydrogens is 292 g/mol. The van der Waals surface area contributed by atoms with E-state index in [9.17, 15) is 13.0 Å². The Morgan fingerprint density at radius 2 is 1.95 bits per heavy atom. The van der Waals surface area contributed by atoms with E-state index in [-0.39, 0.29) is 6.04 Å². The SMILES string of the molecule is C[C@@H](Nc1cccc(C[S@](C)=O)c1)c1ccc(F)cc1F. The molecule has 0 spiro atoms. The van der Waals surface area contributed by atoms with E-state index in [2.05, 4.69) is 5.32 Å². The highest BCUT2D eigenvalue weighted by Crippen LogP contribution is 2.23. The topological polar surface area (TPSA) is 29.1 Å². The van der Waals surface area contributed by atoms with Crippen LogP contribution < -0.4 is 5.32 Å². The van der Waals surface area contributed by atoms with Gasteiger partial charge in [0.05, 0.1) is 6.04 Å². The maximum atomic E-state index is 13.7. The molecule has 112 valence electrons. The number of benzene rings is 2. The van der Waals surface area contributed by atoms with E-state index in [0.717, 1.165) is 17.3 Å². The van der Waals surface area contributed by atoms with Crippen LogP contribution >= 0.6 is 0 Å². The number of nitrogens with one attached hydrogen (secondary N) is 1. The minimum absolute atomic E-state index is 0.298. The molecule has 0 heterocycles. The molecular formula is C16H17F2NOS. The first-order valence-corrected chi connectivity index (χ1v) is 8.29. The van der Waals surface area contributed by atoms with Crippen LogP contribution in [0.5, 0.6) is 0 Å². The largest absolute Gasteiger partial charge is 0.378 e. The maximum Gasteiger partial charge on any atom is 0.131 e. The first-order valence-electron chi connectivity index (χ1n) is 6.56. The lowest BCUT2D eigenvalue weighted by molar-refractivity contribution is 0.566. The van der Waals surface area contributed by atoms with Crippen LogP contribution in [0.2, 0.25) is 0 Å². The molecule has 0 unspecified atom stereocenters. The fourth-order valence-electron chi connectivity index (χ4n) is 2.17. The maximum absolute atomic E-state index is 13.7. The van der Waals surface area contributed by atoms with Crippen molar-refractivity contribution in [1.82, 2.24) is 0 Å². The zero-order chi connectivity index (χ0) is 15.4. The summed E-state index contributed by atoms with van der Waals surface area (Å²) in [5.41, 5.74) is 2.17. The van der Waals surface area contributed by atoms with Gasteiger partial charge in [0.25, 0.3) is 0 Å². The summed E-state index contributed by atoms with van der Waals surface area (Å²) in [7, 11) is -0.909. The second-order valence-corrected chi connectivity index (χ2v) is 6.38. The Bertz CT molecular complexity index is 660. The van der Waals surface area contributed by atoms with Gasteiger partial charge in [-0.25, -0.2) is 8.78 Å². The summed E-state index contributed by atoms with van der Waals surface area (Å²) < 4.78 is 37.9. The van der Waals surface area contributed by atoms with Gasteiger partial charge in [0, 0.05) is 40.1 Å². The third kappa shape index (κ3) is 4.36. The molecule has 5 heteroatoms. The van der Waals surface area contributed by atoms with Gasteiger partial charge in [0.15, 0.2) is 0 Å². The highest BCUT2D eigenvalue weighted by molar-refractivity contribution is 7.83. The molecule has 0 bridgehead atoms. The summed E-state index contributed by atoms with van der Waals surface area (Å²) in [4.78, 5) is 0. The molecule has 0 aromatic heterocycles. The van der Waals surface area contributed by atoms with E-state index in [1.807, 2.05) is 24.3 Å². The van der Waals surface area contributed by atoms with Crippen LogP contribution in [0, 0.1) is 11.6 Å². The summed E-state index contributed by atoms with van der Waals surface area (Å²) in [5, 5.41) is 3.17. The van der Waals surface area contributed by atoms with Gasteiger partial charge in [-0.15, -0.1) is 0 Å². The van der Waals surface area contributed by atoms with Gasteiger partial charge < -0.3 is 5.32 Å². The summed E-state index contributed by atoms with van der Waals surface area (Å²) in [6.45, 7) is 1.81. The lowest BCUT2D eigenvalue weighted by Crippen LogP contribution is -2.09. The molecule has 0 aliphatic rings. The Morgan fingerprint density at radius 1 is 1.19 bits per heavy atom. The van der Waals surface area contributed by atoms with Crippen LogP contribution in [0.15, 0.2) is 42.5 Å². The van der Waals surface area contributed by atoms with E-state index in [0.29, 0.717) is 11.3 Å². The van der Waals surface area contributed by atoms with Gasteiger partial charge in [0.2, 0.25) is 0 Å². The normalized spacial score (nSPS) is 13.7. The molecule has 2 rings (SSSR count). The van der Waals surface area contributed by atoms with Crippen LogP contribution in [-0.4, -0.2) is 10.5 Å². The monoisotopic (exact) mass is 309 g/mol. The number of hydrogen-bond donors (Lipinski definition) is 1. The van der Waals surface area contributed by atoms with Gasteiger partial charge in [-0.2, -0.15) is 0 Å². The predicted octanol–water partition coefficient (Wildman–Crippen LogP) is 4.02. The van der Waals surface area contributed by atoms with Crippen LogP contribution in [-0.2, 0) is 16.6 Å². The average molecular weight is 309 g/mol. The highest BCUT2D eigenvalue weighted by atomic mass is 32.2. The molecule has 21 heavy (non-hydrogen) atoms. The molecule has 0 fully saturated rings. The van der Waals surface area contributed by atoms with Crippen molar-refractivity contribution < 1.29 is 13.0 Å². The van der Waals surface area contributed by atoms with Gasteiger partial charge in [-0.1, -0.05) is 18.2 Å². The number of hydrogen-bond acceptors (Lipinski definition) is 2. The van der Waals surface area contributed by atoms with Crippen molar-refractivity contribution in [3.05, 3.63) is 65.2 Å². The van der Waals surface area contributed by atoms with Crippen LogP contribution in [0.3, 0.4) is 0 Å². The first-order chi connectivity index (χ1) is 9.95. The second kappa shape index (κ2) is 6.80. The van der Waals surface area contributed by atoms with E-state index in [4.69, 9.17) is 0 Å². The summed E-state index contributed by atoms with van der Waals surface area (Å²) in [6.07, 6.45) is 1.65. The van der Waals surface area contributed by atoms with Gasteiger partial charge in [-0.3, -0.25) is 4.21 Å². The van der Waals surface area contributed by atoms with Gasteiger partial charge >= 0.3 is 0 Å². The quantitative estimate of drug-likeness (QED) is 0.904. The predicted molar refractivity (Wildman–Crippen MR) is 82.6 cm³/mol. The minimum atomic E-state index is -0.909. The van der Waals surface area contributed by atoms with Crippen molar-refractivity contribution in [3.63, 3.8) is 0 Å². The summed E-state index contributed by atoms with van der Waals surface area (Å²) in [5.74, 6) is -0.675. The molecule has 0 saturated carbocycles. The van der Waals surface area contributed by atoms with Crippen LogP contribution in [0.1, 0.15) is 24.1 Å². The Balaban J connectivity index is 2.15. The standard InChI is InChI=1S/C16H17F2NOS/c1-11(15-7-6-13(17)9-16(15)18)19-14-5-3-4-12(8-14)10-21(2)20/h3-9,11,19H,10H2,1-2H3/t11-,21+/m1/s1. The zero-order valence-electron chi connectivity index (χ0n) is 11.9. The number of anilines is 1. The molecule has 2 nitrogen and oxygen atoms in total. The minimum Gasteiger partial charge on any atom is -0.378 e. The molecule has 0 aliphatic heterocycles. The van der Waals surface area contributed by atoms with Crippen molar-refractivity contribution >= 4 is 16.5 Å². The van der Waals surface area contributed by atoms with Gasteiger partial charge in [0.1, 0.15) is 11.6 Å². The molecule has 1 N–H and O–H groups in total. The van der Waals surface area contributed by atoms with E-state index >= 15 is 0 Å². The number of rotatable bonds is 5. The number of halogens is 2. The van der Waals surface area contributed by atoms with Crippen molar-refractivity contribution in [2.24, 2.45) is 0 Å². The van der Waals surface area contributed by atoms with Crippen molar-refractivity contribution in [2.45, 2.75) is 18.7 Å². The Labute approximate surface area is 125 Å². The van der Waals surface area contributed by atoms with Crippen LogP contribution in [0.4, 0.5) is 14.5 Å². The first kappa shape index (κ1) is 15.6. The Hall–Kier alpha value is -1.75. The molecule has 0 amide bonds.